The third kappa shape index (κ3) is 4.83. The van der Waals surface area contributed by atoms with Gasteiger partial charge < -0.3 is 0 Å². The first-order valence-electron chi connectivity index (χ1n) is 6.65. The highest BCUT2D eigenvalue weighted by molar-refractivity contribution is 7.80. The lowest BCUT2D eigenvalue weighted by Gasteiger charge is -2.28. The molecule has 1 aromatic carbocycles. The molecule has 3 heteroatoms. The van der Waals surface area contributed by atoms with Gasteiger partial charge in [0.1, 0.15) is 0 Å². The Labute approximate surface area is 122 Å². The molecular weight excluding hydrogens is 262 g/mol. The van der Waals surface area contributed by atoms with Crippen molar-refractivity contribution < 1.29 is 0 Å². The minimum atomic E-state index is 0.392. The first kappa shape index (κ1) is 15.9. The van der Waals surface area contributed by atoms with Crippen molar-refractivity contribution in [2.24, 2.45) is 5.92 Å². The SMILES string of the molecule is CCCC(CS)CN(C)C(C)c1cccc(Cl)c1. The predicted octanol–water partition coefficient (Wildman–Crippen LogP) is 4.68. The first-order chi connectivity index (χ1) is 8.58. The summed E-state index contributed by atoms with van der Waals surface area (Å²) in [6.07, 6.45) is 2.47. The zero-order valence-electron chi connectivity index (χ0n) is 11.6. The van der Waals surface area contributed by atoms with Crippen LogP contribution in [0.15, 0.2) is 24.3 Å². The molecule has 0 spiro atoms. The van der Waals surface area contributed by atoms with E-state index in [2.05, 4.69) is 50.6 Å². The van der Waals surface area contributed by atoms with E-state index >= 15 is 0 Å². The van der Waals surface area contributed by atoms with Crippen LogP contribution in [0.25, 0.3) is 0 Å². The number of thiol groups is 1. The molecule has 2 atom stereocenters. The van der Waals surface area contributed by atoms with Gasteiger partial charge in [0, 0.05) is 17.6 Å². The van der Waals surface area contributed by atoms with Gasteiger partial charge in [-0.2, -0.15) is 12.6 Å². The molecule has 0 heterocycles. The molecule has 0 radical (unpaired) electrons. The maximum Gasteiger partial charge on any atom is 0.0409 e. The van der Waals surface area contributed by atoms with E-state index in [-0.39, 0.29) is 0 Å². The second kappa shape index (κ2) is 8.08. The lowest BCUT2D eigenvalue weighted by atomic mass is 10.0. The van der Waals surface area contributed by atoms with Gasteiger partial charge in [0.15, 0.2) is 0 Å². The molecular formula is C15H24ClNS. The van der Waals surface area contributed by atoms with E-state index in [1.165, 1.54) is 18.4 Å². The normalized spacial score (nSPS) is 14.8. The lowest BCUT2D eigenvalue weighted by molar-refractivity contribution is 0.223. The molecule has 0 aromatic heterocycles. The van der Waals surface area contributed by atoms with Gasteiger partial charge in [-0.15, -0.1) is 0 Å². The number of nitrogens with zero attached hydrogens (tertiary/aromatic N) is 1. The molecule has 0 aliphatic rings. The predicted molar refractivity (Wildman–Crippen MR) is 84.7 cm³/mol. The number of rotatable bonds is 7. The molecule has 0 aliphatic heterocycles. The van der Waals surface area contributed by atoms with Crippen molar-refractivity contribution in [3.63, 3.8) is 0 Å². The summed E-state index contributed by atoms with van der Waals surface area (Å²) in [6, 6.07) is 8.53. The number of hydrogen-bond donors (Lipinski definition) is 1. The van der Waals surface area contributed by atoms with Crippen LogP contribution >= 0.6 is 24.2 Å². The highest BCUT2D eigenvalue weighted by atomic mass is 35.5. The van der Waals surface area contributed by atoms with Crippen LogP contribution in [-0.2, 0) is 0 Å². The van der Waals surface area contributed by atoms with Crippen LogP contribution in [0.3, 0.4) is 0 Å². The molecule has 0 bridgehead atoms. The smallest absolute Gasteiger partial charge is 0.0409 e. The van der Waals surface area contributed by atoms with Gasteiger partial charge in [0.05, 0.1) is 0 Å². The van der Waals surface area contributed by atoms with Crippen molar-refractivity contribution in [1.29, 1.82) is 0 Å². The second-order valence-electron chi connectivity index (χ2n) is 5.01. The van der Waals surface area contributed by atoms with E-state index in [1.807, 2.05) is 12.1 Å². The van der Waals surface area contributed by atoms with E-state index in [1.54, 1.807) is 0 Å². The standard InChI is InChI=1S/C15H24ClNS/c1-4-6-13(11-18)10-17(3)12(2)14-7-5-8-15(16)9-14/h5,7-9,12-13,18H,4,6,10-11H2,1-3H3. The molecule has 1 aromatic rings. The van der Waals surface area contributed by atoms with Crippen LogP contribution in [0.5, 0.6) is 0 Å². The fraction of sp³-hybridized carbons (Fsp3) is 0.600. The summed E-state index contributed by atoms with van der Waals surface area (Å²) >= 11 is 10.5. The largest absolute Gasteiger partial charge is 0.299 e. The maximum atomic E-state index is 6.05. The third-order valence-electron chi connectivity index (χ3n) is 3.49. The fourth-order valence-corrected chi connectivity index (χ4v) is 2.73. The van der Waals surface area contributed by atoms with Crippen LogP contribution in [0.4, 0.5) is 0 Å². The molecule has 0 amide bonds. The van der Waals surface area contributed by atoms with Crippen molar-refractivity contribution >= 4 is 24.2 Å². The van der Waals surface area contributed by atoms with E-state index in [0.717, 1.165) is 17.3 Å². The summed E-state index contributed by atoms with van der Waals surface area (Å²) < 4.78 is 0. The molecule has 0 aliphatic carbocycles. The highest BCUT2D eigenvalue weighted by Crippen LogP contribution is 2.23. The number of halogens is 1. The zero-order valence-corrected chi connectivity index (χ0v) is 13.2. The summed E-state index contributed by atoms with van der Waals surface area (Å²) in [5.41, 5.74) is 1.28. The molecule has 0 saturated carbocycles. The Hall–Kier alpha value is -0.180. The Morgan fingerprint density at radius 2 is 2.11 bits per heavy atom. The summed E-state index contributed by atoms with van der Waals surface area (Å²) in [6.45, 7) is 5.55. The molecule has 0 N–H and O–H groups in total. The van der Waals surface area contributed by atoms with Crippen molar-refractivity contribution in [3.8, 4) is 0 Å². The summed E-state index contributed by atoms with van der Waals surface area (Å²) in [5, 5.41) is 0.812. The molecule has 18 heavy (non-hydrogen) atoms. The maximum absolute atomic E-state index is 6.05. The Bertz CT molecular complexity index is 356. The van der Waals surface area contributed by atoms with E-state index in [9.17, 15) is 0 Å². The van der Waals surface area contributed by atoms with E-state index in [0.29, 0.717) is 12.0 Å². The molecule has 102 valence electrons. The van der Waals surface area contributed by atoms with Gasteiger partial charge >= 0.3 is 0 Å². The van der Waals surface area contributed by atoms with Gasteiger partial charge in [0.25, 0.3) is 0 Å². The molecule has 1 nitrogen and oxygen atoms in total. The average Bonchev–Trinajstić information content (AvgIpc) is 2.37. The summed E-state index contributed by atoms with van der Waals surface area (Å²) in [5.74, 6) is 1.63. The van der Waals surface area contributed by atoms with Gasteiger partial charge in [-0.25, -0.2) is 0 Å². The third-order valence-corrected chi connectivity index (χ3v) is 4.25. The monoisotopic (exact) mass is 285 g/mol. The summed E-state index contributed by atoms with van der Waals surface area (Å²) in [7, 11) is 2.18. The quantitative estimate of drug-likeness (QED) is 0.712. The van der Waals surface area contributed by atoms with Crippen molar-refractivity contribution in [2.75, 3.05) is 19.3 Å². The van der Waals surface area contributed by atoms with Gasteiger partial charge in [-0.05, 0) is 49.8 Å². The Morgan fingerprint density at radius 1 is 1.39 bits per heavy atom. The molecule has 0 saturated heterocycles. The average molecular weight is 286 g/mol. The Morgan fingerprint density at radius 3 is 2.67 bits per heavy atom. The lowest BCUT2D eigenvalue weighted by Crippen LogP contribution is -2.29. The molecule has 2 unspecified atom stereocenters. The van der Waals surface area contributed by atoms with Gasteiger partial charge in [0.2, 0.25) is 0 Å². The Kier molecular flexibility index (Phi) is 7.13. The number of benzene rings is 1. The molecule has 0 fully saturated rings. The van der Waals surface area contributed by atoms with E-state index in [4.69, 9.17) is 11.6 Å². The highest BCUT2D eigenvalue weighted by Gasteiger charge is 2.15. The Balaban J connectivity index is 2.62. The van der Waals surface area contributed by atoms with Crippen LogP contribution in [0, 0.1) is 5.92 Å². The zero-order chi connectivity index (χ0) is 13.5. The minimum Gasteiger partial charge on any atom is -0.299 e. The van der Waals surface area contributed by atoms with Crippen LogP contribution in [0.2, 0.25) is 5.02 Å². The van der Waals surface area contributed by atoms with Gasteiger partial charge in [-0.3, -0.25) is 4.90 Å². The topological polar surface area (TPSA) is 3.24 Å². The van der Waals surface area contributed by atoms with E-state index < -0.39 is 0 Å². The fourth-order valence-electron chi connectivity index (χ4n) is 2.23. The van der Waals surface area contributed by atoms with Crippen molar-refractivity contribution in [3.05, 3.63) is 34.9 Å². The van der Waals surface area contributed by atoms with Crippen molar-refractivity contribution in [1.82, 2.24) is 4.90 Å². The van der Waals surface area contributed by atoms with Crippen LogP contribution in [0.1, 0.15) is 38.3 Å². The summed E-state index contributed by atoms with van der Waals surface area (Å²) in [4.78, 5) is 2.39. The second-order valence-corrected chi connectivity index (χ2v) is 5.81. The van der Waals surface area contributed by atoms with Crippen molar-refractivity contribution in [2.45, 2.75) is 32.7 Å². The van der Waals surface area contributed by atoms with Crippen LogP contribution in [-0.4, -0.2) is 24.2 Å². The van der Waals surface area contributed by atoms with Crippen LogP contribution < -0.4 is 0 Å². The molecule has 1 rings (SSSR count). The first-order valence-corrected chi connectivity index (χ1v) is 7.66. The number of hydrogen-bond acceptors (Lipinski definition) is 2. The minimum absolute atomic E-state index is 0.392. The van der Waals surface area contributed by atoms with Gasteiger partial charge in [-0.1, -0.05) is 37.1 Å².